The van der Waals surface area contributed by atoms with Gasteiger partial charge in [0.25, 0.3) is 0 Å². The highest BCUT2D eigenvalue weighted by Crippen LogP contribution is 2.17. The summed E-state index contributed by atoms with van der Waals surface area (Å²) in [5.41, 5.74) is -0.0987. The van der Waals surface area contributed by atoms with E-state index < -0.39 is 5.60 Å². The second-order valence-electron chi connectivity index (χ2n) is 6.41. The summed E-state index contributed by atoms with van der Waals surface area (Å²) in [6.45, 7) is 6.84. The molecule has 0 saturated carbocycles. The van der Waals surface area contributed by atoms with Gasteiger partial charge in [0.2, 0.25) is 5.91 Å². The summed E-state index contributed by atoms with van der Waals surface area (Å²) in [6, 6.07) is 6.32. The minimum absolute atomic E-state index is 0.129. The topological polar surface area (TPSA) is 61.8 Å². The molecule has 1 aromatic carbocycles. The Hall–Kier alpha value is -1.76. The molecule has 5 nitrogen and oxygen atoms in total. The maximum absolute atomic E-state index is 13.7. The number of benzene rings is 1. The number of halogens is 1. The van der Waals surface area contributed by atoms with Crippen LogP contribution in [0.2, 0.25) is 0 Å². The Kier molecular flexibility index (Phi) is 6.48. The van der Waals surface area contributed by atoms with E-state index in [0.717, 1.165) is 13.1 Å². The van der Waals surface area contributed by atoms with Gasteiger partial charge in [-0.15, -0.1) is 0 Å². The van der Waals surface area contributed by atoms with Gasteiger partial charge in [-0.2, -0.15) is 0 Å². The number of morpholine rings is 1. The van der Waals surface area contributed by atoms with Crippen LogP contribution in [0.25, 0.3) is 5.57 Å². The van der Waals surface area contributed by atoms with Gasteiger partial charge in [0, 0.05) is 37.8 Å². The molecule has 1 fully saturated rings. The lowest BCUT2D eigenvalue weighted by Crippen LogP contribution is -2.51. The lowest BCUT2D eigenvalue weighted by molar-refractivity contribution is -0.117. The fourth-order valence-corrected chi connectivity index (χ4v) is 2.68. The minimum Gasteiger partial charge on any atom is -0.387 e. The third-order valence-electron chi connectivity index (χ3n) is 3.96. The van der Waals surface area contributed by atoms with Gasteiger partial charge in [-0.25, -0.2) is 4.39 Å². The van der Waals surface area contributed by atoms with Gasteiger partial charge in [0.15, 0.2) is 0 Å². The molecule has 0 aromatic heterocycles. The Morgan fingerprint density at radius 3 is 2.75 bits per heavy atom. The van der Waals surface area contributed by atoms with Crippen LogP contribution in [0, 0.1) is 5.82 Å². The van der Waals surface area contributed by atoms with Gasteiger partial charge >= 0.3 is 0 Å². The molecule has 1 atom stereocenters. The molecule has 0 radical (unpaired) electrons. The first kappa shape index (κ1) is 18.6. The number of amides is 1. The van der Waals surface area contributed by atoms with E-state index in [1.165, 1.54) is 12.1 Å². The highest BCUT2D eigenvalue weighted by atomic mass is 19.1. The Labute approximate surface area is 142 Å². The number of nitrogens with zero attached hydrogens (tertiary/aromatic N) is 1. The maximum Gasteiger partial charge on any atom is 0.244 e. The summed E-state index contributed by atoms with van der Waals surface area (Å²) in [5.74, 6) is -0.712. The molecule has 1 unspecified atom stereocenters. The van der Waals surface area contributed by atoms with Crippen molar-refractivity contribution in [2.24, 2.45) is 0 Å². The van der Waals surface area contributed by atoms with Crippen LogP contribution in [0.3, 0.4) is 0 Å². The van der Waals surface area contributed by atoms with Crippen LogP contribution in [-0.4, -0.2) is 60.9 Å². The fraction of sp³-hybridized carbons (Fsp3) is 0.500. The number of nitrogens with one attached hydrogen (secondary N) is 1. The third-order valence-corrected chi connectivity index (χ3v) is 3.96. The quantitative estimate of drug-likeness (QED) is 0.772. The van der Waals surface area contributed by atoms with Crippen LogP contribution in [-0.2, 0) is 9.53 Å². The molecule has 0 bridgehead atoms. The van der Waals surface area contributed by atoms with Gasteiger partial charge in [0.05, 0.1) is 18.8 Å². The standard InChI is InChI=1S/C18H25FN2O3/c1-14(15-5-3-4-6-16(15)19)11-17(22)20-12-18(2,23)13-21-7-9-24-10-8-21/h3-6,11,23H,7-10,12-13H2,1-2H3,(H,20,22). The first-order valence-corrected chi connectivity index (χ1v) is 8.11. The largest absolute Gasteiger partial charge is 0.387 e. The van der Waals surface area contributed by atoms with Crippen molar-refractivity contribution in [3.05, 3.63) is 41.7 Å². The molecule has 0 spiro atoms. The van der Waals surface area contributed by atoms with Crippen LogP contribution in [0.5, 0.6) is 0 Å². The predicted octanol–water partition coefficient (Wildman–Crippen LogP) is 1.43. The van der Waals surface area contributed by atoms with E-state index in [0.29, 0.717) is 30.9 Å². The van der Waals surface area contributed by atoms with E-state index in [-0.39, 0.29) is 18.3 Å². The van der Waals surface area contributed by atoms with Gasteiger partial charge in [-0.05, 0) is 25.5 Å². The van der Waals surface area contributed by atoms with Crippen molar-refractivity contribution in [2.75, 3.05) is 39.4 Å². The molecule has 2 N–H and O–H groups in total. The van der Waals surface area contributed by atoms with E-state index >= 15 is 0 Å². The predicted molar refractivity (Wildman–Crippen MR) is 90.9 cm³/mol. The Morgan fingerprint density at radius 1 is 1.42 bits per heavy atom. The van der Waals surface area contributed by atoms with Crippen molar-refractivity contribution < 1.29 is 19.0 Å². The van der Waals surface area contributed by atoms with E-state index in [1.807, 2.05) is 0 Å². The lowest BCUT2D eigenvalue weighted by Gasteiger charge is -2.33. The molecule has 1 aliphatic rings. The first-order chi connectivity index (χ1) is 11.4. The second kappa shape index (κ2) is 8.37. The van der Waals surface area contributed by atoms with Crippen LogP contribution in [0.4, 0.5) is 4.39 Å². The van der Waals surface area contributed by atoms with Crippen LogP contribution >= 0.6 is 0 Å². The molecule has 1 heterocycles. The minimum atomic E-state index is -1.03. The van der Waals surface area contributed by atoms with E-state index in [4.69, 9.17) is 4.74 Å². The van der Waals surface area contributed by atoms with E-state index in [9.17, 15) is 14.3 Å². The molecule has 24 heavy (non-hydrogen) atoms. The summed E-state index contributed by atoms with van der Waals surface area (Å²) in [6.07, 6.45) is 1.35. The molecule has 1 saturated heterocycles. The van der Waals surface area contributed by atoms with Crippen molar-refractivity contribution in [2.45, 2.75) is 19.4 Å². The number of carbonyl (C=O) groups excluding carboxylic acids is 1. The monoisotopic (exact) mass is 336 g/mol. The first-order valence-electron chi connectivity index (χ1n) is 8.11. The number of rotatable bonds is 6. The van der Waals surface area contributed by atoms with Crippen molar-refractivity contribution in [1.82, 2.24) is 10.2 Å². The summed E-state index contributed by atoms with van der Waals surface area (Å²) >= 11 is 0. The number of aliphatic hydroxyl groups is 1. The van der Waals surface area contributed by atoms with Crippen molar-refractivity contribution in [3.8, 4) is 0 Å². The molecule has 132 valence electrons. The molecule has 2 rings (SSSR count). The van der Waals surface area contributed by atoms with Crippen molar-refractivity contribution in [1.29, 1.82) is 0 Å². The van der Waals surface area contributed by atoms with E-state index in [1.54, 1.807) is 32.0 Å². The second-order valence-corrected chi connectivity index (χ2v) is 6.41. The summed E-state index contributed by atoms with van der Waals surface area (Å²) < 4.78 is 19.0. The summed E-state index contributed by atoms with van der Waals surface area (Å²) in [5, 5.41) is 13.1. The third kappa shape index (κ3) is 5.70. The normalized spacial score (nSPS) is 18.9. The molecular weight excluding hydrogens is 311 g/mol. The number of hydrogen-bond acceptors (Lipinski definition) is 4. The molecule has 1 aromatic rings. The summed E-state index contributed by atoms with van der Waals surface area (Å²) in [7, 11) is 0. The average molecular weight is 336 g/mol. The van der Waals surface area contributed by atoms with Gasteiger partial charge < -0.3 is 15.2 Å². The zero-order valence-corrected chi connectivity index (χ0v) is 14.2. The SMILES string of the molecule is CC(=CC(=O)NCC(C)(O)CN1CCOCC1)c1ccccc1F. The number of hydrogen-bond donors (Lipinski definition) is 2. The number of ether oxygens (including phenoxy) is 1. The fourth-order valence-electron chi connectivity index (χ4n) is 2.68. The summed E-state index contributed by atoms with van der Waals surface area (Å²) in [4.78, 5) is 14.1. The van der Waals surface area contributed by atoms with Crippen molar-refractivity contribution >= 4 is 11.5 Å². The average Bonchev–Trinajstić information content (AvgIpc) is 2.54. The molecule has 1 amide bonds. The Morgan fingerprint density at radius 2 is 2.08 bits per heavy atom. The lowest BCUT2D eigenvalue weighted by atomic mass is 10.1. The highest BCUT2D eigenvalue weighted by Gasteiger charge is 2.25. The van der Waals surface area contributed by atoms with Gasteiger partial charge in [-0.1, -0.05) is 18.2 Å². The Bertz CT molecular complexity index is 596. The van der Waals surface area contributed by atoms with Gasteiger partial charge in [0.1, 0.15) is 5.82 Å². The number of allylic oxidation sites excluding steroid dienone is 1. The van der Waals surface area contributed by atoms with Crippen LogP contribution < -0.4 is 5.32 Å². The Balaban J connectivity index is 1.87. The smallest absolute Gasteiger partial charge is 0.244 e. The molecular formula is C18H25FN2O3. The van der Waals surface area contributed by atoms with Crippen molar-refractivity contribution in [3.63, 3.8) is 0 Å². The number of β-amino-alcohol motifs (C(OH)–C–C–N with tert-alkyl or cyclic N) is 1. The van der Waals surface area contributed by atoms with E-state index in [2.05, 4.69) is 10.2 Å². The zero-order chi connectivity index (χ0) is 17.6. The van der Waals surface area contributed by atoms with Crippen LogP contribution in [0.15, 0.2) is 30.3 Å². The molecule has 0 aliphatic carbocycles. The van der Waals surface area contributed by atoms with Crippen LogP contribution in [0.1, 0.15) is 19.4 Å². The molecule has 6 heteroatoms. The number of carbonyl (C=O) groups is 1. The molecule has 1 aliphatic heterocycles. The maximum atomic E-state index is 13.7. The zero-order valence-electron chi connectivity index (χ0n) is 14.2. The van der Waals surface area contributed by atoms with Gasteiger partial charge in [-0.3, -0.25) is 9.69 Å². The highest BCUT2D eigenvalue weighted by molar-refractivity contribution is 5.94.